The van der Waals surface area contributed by atoms with Crippen molar-refractivity contribution in [2.45, 2.75) is 25.4 Å². The minimum atomic E-state index is -1.40. The molecule has 1 rings (SSSR count). The molecular formula is C10H16OSi. The fourth-order valence-electron chi connectivity index (χ4n) is 1.43. The van der Waals surface area contributed by atoms with Crippen molar-refractivity contribution in [3.63, 3.8) is 0 Å². The molecule has 0 aliphatic rings. The molecule has 12 heavy (non-hydrogen) atoms. The standard InChI is InChI=1S/C10H16OSi/c1-9(8-12(2)11)10-6-4-3-5-7-10/h3-7,9,11-12H,8H2,1-2H3. The zero-order valence-electron chi connectivity index (χ0n) is 7.70. The van der Waals surface area contributed by atoms with Crippen LogP contribution in [0.3, 0.4) is 0 Å². The fourth-order valence-corrected chi connectivity index (χ4v) is 2.72. The van der Waals surface area contributed by atoms with E-state index in [2.05, 4.69) is 31.2 Å². The van der Waals surface area contributed by atoms with Gasteiger partial charge in [-0.2, -0.15) is 0 Å². The Morgan fingerprint density at radius 3 is 2.42 bits per heavy atom. The molecule has 0 heterocycles. The largest absolute Gasteiger partial charge is 0.435 e. The van der Waals surface area contributed by atoms with Gasteiger partial charge in [0.2, 0.25) is 0 Å². The number of hydrogen-bond acceptors (Lipinski definition) is 1. The van der Waals surface area contributed by atoms with Gasteiger partial charge >= 0.3 is 0 Å². The van der Waals surface area contributed by atoms with Crippen LogP contribution in [0.15, 0.2) is 30.3 Å². The third kappa shape index (κ3) is 2.79. The van der Waals surface area contributed by atoms with Crippen LogP contribution in [-0.2, 0) is 0 Å². The fraction of sp³-hybridized carbons (Fsp3) is 0.400. The van der Waals surface area contributed by atoms with Crippen LogP contribution in [0.5, 0.6) is 0 Å². The second-order valence-electron chi connectivity index (χ2n) is 3.40. The van der Waals surface area contributed by atoms with Crippen LogP contribution in [0.4, 0.5) is 0 Å². The van der Waals surface area contributed by atoms with E-state index in [0.717, 1.165) is 6.04 Å². The van der Waals surface area contributed by atoms with Crippen molar-refractivity contribution in [2.24, 2.45) is 0 Å². The van der Waals surface area contributed by atoms with Crippen LogP contribution in [0.1, 0.15) is 18.4 Å². The van der Waals surface area contributed by atoms with Crippen LogP contribution in [0.2, 0.25) is 12.6 Å². The average molecular weight is 180 g/mol. The van der Waals surface area contributed by atoms with E-state index in [1.807, 2.05) is 12.6 Å². The monoisotopic (exact) mass is 180 g/mol. The Balaban J connectivity index is 2.59. The van der Waals surface area contributed by atoms with Gasteiger partial charge < -0.3 is 4.80 Å². The summed E-state index contributed by atoms with van der Waals surface area (Å²) in [5, 5.41) is 0. The van der Waals surface area contributed by atoms with Crippen LogP contribution >= 0.6 is 0 Å². The predicted octanol–water partition coefficient (Wildman–Crippen LogP) is 2.14. The highest BCUT2D eigenvalue weighted by atomic mass is 28.3. The van der Waals surface area contributed by atoms with Crippen molar-refractivity contribution in [1.82, 2.24) is 0 Å². The van der Waals surface area contributed by atoms with Gasteiger partial charge in [0.1, 0.15) is 0 Å². The van der Waals surface area contributed by atoms with Crippen LogP contribution < -0.4 is 0 Å². The topological polar surface area (TPSA) is 20.2 Å². The summed E-state index contributed by atoms with van der Waals surface area (Å²) in [6, 6.07) is 11.4. The number of rotatable bonds is 3. The highest BCUT2D eigenvalue weighted by molar-refractivity contribution is 6.48. The van der Waals surface area contributed by atoms with Gasteiger partial charge in [0.25, 0.3) is 0 Å². The van der Waals surface area contributed by atoms with E-state index >= 15 is 0 Å². The summed E-state index contributed by atoms with van der Waals surface area (Å²) in [5.41, 5.74) is 1.34. The van der Waals surface area contributed by atoms with Crippen LogP contribution in [0.25, 0.3) is 0 Å². The van der Waals surface area contributed by atoms with Crippen molar-refractivity contribution in [3.05, 3.63) is 35.9 Å². The van der Waals surface area contributed by atoms with Gasteiger partial charge in [-0.3, -0.25) is 0 Å². The summed E-state index contributed by atoms with van der Waals surface area (Å²) in [7, 11) is -1.40. The maximum absolute atomic E-state index is 9.32. The Morgan fingerprint density at radius 1 is 1.33 bits per heavy atom. The molecule has 1 aromatic rings. The molecule has 66 valence electrons. The molecule has 0 radical (unpaired) electrons. The Kier molecular flexibility index (Phi) is 3.50. The Morgan fingerprint density at radius 2 is 1.92 bits per heavy atom. The summed E-state index contributed by atoms with van der Waals surface area (Å²) in [4.78, 5) is 9.32. The molecule has 1 aromatic carbocycles. The molecule has 0 saturated carbocycles. The first-order valence-corrected chi connectivity index (χ1v) is 6.92. The maximum Gasteiger partial charge on any atom is 0.170 e. The molecule has 2 atom stereocenters. The molecule has 0 spiro atoms. The maximum atomic E-state index is 9.32. The summed E-state index contributed by atoms with van der Waals surface area (Å²) < 4.78 is 0. The quantitative estimate of drug-likeness (QED) is 0.707. The highest BCUT2D eigenvalue weighted by Crippen LogP contribution is 2.19. The van der Waals surface area contributed by atoms with E-state index < -0.39 is 9.04 Å². The van der Waals surface area contributed by atoms with E-state index in [4.69, 9.17) is 0 Å². The van der Waals surface area contributed by atoms with Gasteiger partial charge in [-0.15, -0.1) is 0 Å². The first-order valence-electron chi connectivity index (χ1n) is 4.43. The summed E-state index contributed by atoms with van der Waals surface area (Å²) >= 11 is 0. The molecule has 0 bridgehead atoms. The van der Waals surface area contributed by atoms with Crippen molar-refractivity contribution in [2.75, 3.05) is 0 Å². The van der Waals surface area contributed by atoms with E-state index in [1.54, 1.807) is 0 Å². The second kappa shape index (κ2) is 4.43. The smallest absolute Gasteiger partial charge is 0.170 e. The van der Waals surface area contributed by atoms with E-state index in [-0.39, 0.29) is 0 Å². The lowest BCUT2D eigenvalue weighted by atomic mass is 10.0. The van der Waals surface area contributed by atoms with Crippen LogP contribution in [0, 0.1) is 0 Å². The van der Waals surface area contributed by atoms with Crippen molar-refractivity contribution < 1.29 is 4.80 Å². The lowest BCUT2D eigenvalue weighted by molar-refractivity contribution is 0.567. The number of hydrogen-bond donors (Lipinski definition) is 1. The molecular weight excluding hydrogens is 164 g/mol. The summed E-state index contributed by atoms with van der Waals surface area (Å²) in [6.07, 6.45) is 0. The molecule has 2 unspecified atom stereocenters. The molecule has 0 fully saturated rings. The first-order chi connectivity index (χ1) is 5.70. The third-order valence-corrected chi connectivity index (χ3v) is 3.45. The second-order valence-corrected chi connectivity index (χ2v) is 5.57. The SMILES string of the molecule is CC(C[SiH](C)O)c1ccccc1. The molecule has 1 N–H and O–H groups in total. The normalized spacial score (nSPS) is 15.6. The van der Waals surface area contributed by atoms with Gasteiger partial charge in [0, 0.05) is 0 Å². The molecule has 0 aromatic heterocycles. The first kappa shape index (κ1) is 9.48. The number of benzene rings is 1. The van der Waals surface area contributed by atoms with Gasteiger partial charge in [-0.1, -0.05) is 37.3 Å². The van der Waals surface area contributed by atoms with E-state index in [0.29, 0.717) is 5.92 Å². The molecule has 2 heteroatoms. The van der Waals surface area contributed by atoms with E-state index in [1.165, 1.54) is 5.56 Å². The lowest BCUT2D eigenvalue weighted by Crippen LogP contribution is -2.09. The summed E-state index contributed by atoms with van der Waals surface area (Å²) in [5.74, 6) is 0.512. The zero-order valence-corrected chi connectivity index (χ0v) is 8.85. The van der Waals surface area contributed by atoms with Gasteiger partial charge in [-0.25, -0.2) is 0 Å². The van der Waals surface area contributed by atoms with Gasteiger partial charge in [0.05, 0.1) is 0 Å². The Labute approximate surface area is 75.8 Å². The lowest BCUT2D eigenvalue weighted by Gasteiger charge is -2.11. The van der Waals surface area contributed by atoms with Gasteiger partial charge in [0.15, 0.2) is 9.04 Å². The molecule has 1 nitrogen and oxygen atoms in total. The highest BCUT2D eigenvalue weighted by Gasteiger charge is 2.08. The predicted molar refractivity (Wildman–Crippen MR) is 54.9 cm³/mol. The van der Waals surface area contributed by atoms with Gasteiger partial charge in [-0.05, 0) is 24.1 Å². The minimum absolute atomic E-state index is 0.512. The third-order valence-electron chi connectivity index (χ3n) is 2.06. The molecule has 0 amide bonds. The Bertz CT molecular complexity index is 221. The Hall–Kier alpha value is -0.603. The average Bonchev–Trinajstić information content (AvgIpc) is 2.05. The zero-order chi connectivity index (χ0) is 8.97. The molecule has 0 aliphatic carbocycles. The van der Waals surface area contributed by atoms with E-state index in [9.17, 15) is 4.80 Å². The van der Waals surface area contributed by atoms with Crippen molar-refractivity contribution in [1.29, 1.82) is 0 Å². The van der Waals surface area contributed by atoms with Crippen LogP contribution in [-0.4, -0.2) is 13.8 Å². The summed E-state index contributed by atoms with van der Waals surface area (Å²) in [6.45, 7) is 4.15. The van der Waals surface area contributed by atoms with Crippen molar-refractivity contribution >= 4 is 9.04 Å². The molecule has 0 aliphatic heterocycles. The minimum Gasteiger partial charge on any atom is -0.435 e. The van der Waals surface area contributed by atoms with Crippen molar-refractivity contribution in [3.8, 4) is 0 Å². The molecule has 0 saturated heterocycles.